The summed E-state index contributed by atoms with van der Waals surface area (Å²) in [4.78, 5) is 11.5. The summed E-state index contributed by atoms with van der Waals surface area (Å²) < 4.78 is 19.0. The van der Waals surface area contributed by atoms with E-state index in [0.717, 1.165) is 25.7 Å². The van der Waals surface area contributed by atoms with Gasteiger partial charge >= 0.3 is 5.97 Å². The molecule has 0 N–H and O–H groups in total. The van der Waals surface area contributed by atoms with E-state index in [2.05, 4.69) is 92.9 Å². The smallest absolute Gasteiger partial charge is 0.305 e. The molecule has 4 nitrogen and oxygen atoms in total. The Morgan fingerprint density at radius 2 is 1.62 bits per heavy atom. The van der Waals surface area contributed by atoms with Crippen molar-refractivity contribution in [3.63, 3.8) is 0 Å². The van der Waals surface area contributed by atoms with Gasteiger partial charge < -0.3 is 13.6 Å². The van der Waals surface area contributed by atoms with Gasteiger partial charge in [0.05, 0.1) is 19.3 Å². The van der Waals surface area contributed by atoms with Gasteiger partial charge in [-0.25, -0.2) is 0 Å². The first-order chi connectivity index (χ1) is 18.4. The third kappa shape index (κ3) is 9.95. The highest BCUT2D eigenvalue weighted by molar-refractivity contribution is 6.74. The Kier molecular flexibility index (Phi) is 13.0. The number of carbonyl (C=O) groups is 1. The van der Waals surface area contributed by atoms with Crippen LogP contribution in [0, 0.1) is 17.8 Å². The fourth-order valence-corrected chi connectivity index (χ4v) is 8.52. The van der Waals surface area contributed by atoms with Crippen molar-refractivity contribution in [1.29, 1.82) is 0 Å². The van der Waals surface area contributed by atoms with Crippen molar-refractivity contribution in [1.82, 2.24) is 0 Å². The predicted octanol–water partition coefficient (Wildman–Crippen LogP) is 10.2. The Labute approximate surface area is 250 Å². The highest BCUT2D eigenvalue weighted by atomic mass is 28.4. The summed E-state index contributed by atoms with van der Waals surface area (Å²) in [6, 6.07) is 0. The molecule has 0 heterocycles. The van der Waals surface area contributed by atoms with Crippen LogP contribution in [0.3, 0.4) is 0 Å². The van der Waals surface area contributed by atoms with Crippen LogP contribution in [-0.2, 0) is 18.4 Å². The van der Waals surface area contributed by atoms with Gasteiger partial charge in [0.25, 0.3) is 0 Å². The molecular weight excluding hydrogens is 529 g/mol. The maximum absolute atomic E-state index is 11.5. The Bertz CT molecular complexity index is 862. The van der Waals surface area contributed by atoms with Crippen LogP contribution in [0.2, 0.25) is 36.3 Å². The van der Waals surface area contributed by atoms with Crippen LogP contribution in [0.1, 0.15) is 113 Å². The van der Waals surface area contributed by atoms with Crippen molar-refractivity contribution in [2.45, 2.75) is 161 Å². The molecule has 2 fully saturated rings. The molecule has 2 aliphatic carbocycles. The Hall–Kier alpha value is -0.696. The number of hydrogen-bond donors (Lipinski definition) is 0. The SMILES string of the molecule is CCCCC[C@@H](/C=C\[C@H]1[C@H]2C/C(=C/CCCC(=O)OC)C[C@H]2C[C@H]1O[Si](C)(C)C(C)(C)C)O[Si](C)(C)C(C)(C)C. The second-order valence-corrected chi connectivity index (χ2v) is 25.2. The molecule has 0 radical (unpaired) electrons. The van der Waals surface area contributed by atoms with E-state index in [1.54, 1.807) is 5.57 Å². The second-order valence-electron chi connectivity index (χ2n) is 15.7. The fourth-order valence-electron chi connectivity index (χ4n) is 5.85. The first-order valence-electron chi connectivity index (χ1n) is 16.2. The number of hydrogen-bond acceptors (Lipinski definition) is 4. The van der Waals surface area contributed by atoms with Crippen molar-refractivity contribution >= 4 is 22.6 Å². The van der Waals surface area contributed by atoms with Gasteiger partial charge in [0.2, 0.25) is 0 Å². The summed E-state index contributed by atoms with van der Waals surface area (Å²) in [7, 11) is -2.28. The normalized spacial score (nSPS) is 26.1. The molecular formula is C34H64O4Si2. The predicted molar refractivity (Wildman–Crippen MR) is 176 cm³/mol. The van der Waals surface area contributed by atoms with E-state index < -0.39 is 16.6 Å². The number of esters is 1. The van der Waals surface area contributed by atoms with Crippen molar-refractivity contribution in [3.8, 4) is 0 Å². The van der Waals surface area contributed by atoms with Gasteiger partial charge in [-0.05, 0) is 86.6 Å². The zero-order valence-electron chi connectivity index (χ0n) is 28.3. The summed E-state index contributed by atoms with van der Waals surface area (Å²) >= 11 is 0. The number of fused-ring (bicyclic) bond motifs is 1. The van der Waals surface area contributed by atoms with Crippen LogP contribution >= 0.6 is 0 Å². The number of ether oxygens (including phenoxy) is 1. The van der Waals surface area contributed by atoms with Crippen LogP contribution < -0.4 is 0 Å². The molecule has 0 amide bonds. The quantitative estimate of drug-likeness (QED) is 0.0871. The third-order valence-electron chi connectivity index (χ3n) is 10.5. The van der Waals surface area contributed by atoms with Gasteiger partial charge in [-0.2, -0.15) is 0 Å². The van der Waals surface area contributed by atoms with E-state index >= 15 is 0 Å². The minimum atomic E-state index is -1.88. The molecule has 2 rings (SSSR count). The Morgan fingerprint density at radius 3 is 2.20 bits per heavy atom. The second kappa shape index (κ2) is 14.7. The van der Waals surface area contributed by atoms with E-state index in [1.165, 1.54) is 39.2 Å². The lowest BCUT2D eigenvalue weighted by atomic mass is 9.90. The molecule has 232 valence electrons. The van der Waals surface area contributed by atoms with Crippen LogP contribution in [-0.4, -0.2) is 41.9 Å². The molecule has 0 unspecified atom stereocenters. The van der Waals surface area contributed by atoms with Crippen molar-refractivity contribution in [2.75, 3.05) is 7.11 Å². The number of unbranched alkanes of at least 4 members (excludes halogenated alkanes) is 3. The van der Waals surface area contributed by atoms with Gasteiger partial charge in [0.15, 0.2) is 16.6 Å². The average molecular weight is 593 g/mol. The Morgan fingerprint density at radius 1 is 0.975 bits per heavy atom. The van der Waals surface area contributed by atoms with Crippen LogP contribution in [0.25, 0.3) is 0 Å². The molecule has 2 aliphatic rings. The number of rotatable bonds is 14. The van der Waals surface area contributed by atoms with Crippen molar-refractivity contribution in [2.24, 2.45) is 17.8 Å². The fraction of sp³-hybridized carbons (Fsp3) is 0.853. The van der Waals surface area contributed by atoms with Crippen LogP contribution in [0.4, 0.5) is 0 Å². The molecule has 40 heavy (non-hydrogen) atoms. The maximum Gasteiger partial charge on any atom is 0.305 e. The van der Waals surface area contributed by atoms with Crippen LogP contribution in [0.5, 0.6) is 0 Å². The number of methoxy groups -OCH3 is 1. The van der Waals surface area contributed by atoms with Gasteiger partial charge in [-0.3, -0.25) is 4.79 Å². The van der Waals surface area contributed by atoms with E-state index in [1.807, 2.05) is 0 Å². The molecule has 0 aromatic heterocycles. The lowest BCUT2D eigenvalue weighted by Gasteiger charge is -2.40. The van der Waals surface area contributed by atoms with E-state index in [4.69, 9.17) is 13.6 Å². The molecule has 0 aliphatic heterocycles. The van der Waals surface area contributed by atoms with E-state index in [-0.39, 0.29) is 22.1 Å². The molecule has 0 bridgehead atoms. The average Bonchev–Trinajstić information content (AvgIpc) is 3.35. The Balaban J connectivity index is 2.27. The number of carbonyl (C=O) groups excluding carboxylic acids is 1. The summed E-state index contributed by atoms with van der Waals surface area (Å²) in [6.45, 7) is 25.9. The largest absolute Gasteiger partial charge is 0.469 e. The lowest BCUT2D eigenvalue weighted by molar-refractivity contribution is -0.140. The van der Waals surface area contributed by atoms with Gasteiger partial charge in [-0.15, -0.1) is 0 Å². The molecule has 6 heteroatoms. The zero-order valence-corrected chi connectivity index (χ0v) is 30.3. The van der Waals surface area contributed by atoms with Gasteiger partial charge in [0.1, 0.15) is 0 Å². The first kappa shape index (κ1) is 35.5. The van der Waals surface area contributed by atoms with Crippen molar-refractivity contribution < 1.29 is 18.4 Å². The van der Waals surface area contributed by atoms with Crippen LogP contribution in [0.15, 0.2) is 23.8 Å². The van der Waals surface area contributed by atoms with Gasteiger partial charge in [0, 0.05) is 12.3 Å². The van der Waals surface area contributed by atoms with E-state index in [9.17, 15) is 4.79 Å². The zero-order chi connectivity index (χ0) is 30.4. The minimum absolute atomic E-state index is 0.106. The maximum atomic E-state index is 11.5. The monoisotopic (exact) mass is 592 g/mol. The lowest BCUT2D eigenvalue weighted by Crippen LogP contribution is -2.45. The molecule has 0 saturated heterocycles. The molecule has 2 saturated carbocycles. The summed E-state index contributed by atoms with van der Waals surface area (Å²) in [5, 5.41) is 0.410. The summed E-state index contributed by atoms with van der Waals surface area (Å²) in [6.07, 6.45) is 18.6. The van der Waals surface area contributed by atoms with E-state index in [0.29, 0.717) is 30.3 Å². The highest BCUT2D eigenvalue weighted by Gasteiger charge is 2.49. The summed E-state index contributed by atoms with van der Waals surface area (Å²) in [5.74, 6) is 1.67. The molecule has 5 atom stereocenters. The minimum Gasteiger partial charge on any atom is -0.469 e. The third-order valence-corrected chi connectivity index (χ3v) is 19.5. The topological polar surface area (TPSA) is 44.8 Å². The first-order valence-corrected chi connectivity index (χ1v) is 22.0. The molecule has 0 aromatic carbocycles. The van der Waals surface area contributed by atoms with Crippen molar-refractivity contribution in [3.05, 3.63) is 23.8 Å². The standard InChI is InChI=1S/C34H64O4Si2/c1-13-14-15-19-28(37-39(9,10)33(2,3)4)21-22-29-30-24-26(18-16-17-20-32(35)36-8)23-27(30)25-31(29)38-40(11,12)34(5,6)7/h18,21-22,27-31H,13-17,19-20,23-25H2,1-12H3/b22-21-,26-18+/t27-,28-,29-,30-,31+/m0/s1. The highest BCUT2D eigenvalue weighted by Crippen LogP contribution is 2.53. The number of allylic oxidation sites excluding steroid dienone is 2. The molecule has 0 spiro atoms. The summed E-state index contributed by atoms with van der Waals surface area (Å²) in [5.41, 5.74) is 1.58. The molecule has 0 aromatic rings. The van der Waals surface area contributed by atoms with Gasteiger partial charge in [-0.1, -0.05) is 91.5 Å².